The molecule has 0 unspecified atom stereocenters. The van der Waals surface area contributed by atoms with E-state index in [2.05, 4.69) is 5.32 Å². The van der Waals surface area contributed by atoms with Crippen LogP contribution < -0.4 is 5.32 Å². The Kier molecular flexibility index (Phi) is 4.14. The van der Waals surface area contributed by atoms with Crippen molar-refractivity contribution in [2.75, 3.05) is 5.32 Å². The van der Waals surface area contributed by atoms with Crippen LogP contribution in [0.5, 0.6) is 0 Å². The number of benzene rings is 1. The molecule has 1 amide bonds. The fourth-order valence-corrected chi connectivity index (χ4v) is 1.80. The lowest BCUT2D eigenvalue weighted by Crippen LogP contribution is -2.12. The van der Waals surface area contributed by atoms with Crippen LogP contribution in [-0.2, 0) is 11.2 Å². The van der Waals surface area contributed by atoms with E-state index in [1.54, 1.807) is 37.5 Å². The normalized spacial score (nSPS) is 10.2. The fraction of sp³-hybridized carbons (Fsp3) is 0.214. The van der Waals surface area contributed by atoms with Gasteiger partial charge in [0.05, 0.1) is 11.2 Å². The summed E-state index contributed by atoms with van der Waals surface area (Å²) in [5, 5.41) is 13.5. The molecular formula is C14H14N2O4. The fourth-order valence-electron chi connectivity index (χ4n) is 1.80. The number of nitro benzene ring substituents is 1. The van der Waals surface area contributed by atoms with E-state index < -0.39 is 4.92 Å². The number of rotatable bonds is 5. The van der Waals surface area contributed by atoms with Crippen LogP contribution in [0, 0.1) is 17.0 Å². The number of hydrogen-bond donors (Lipinski definition) is 1. The molecule has 0 radical (unpaired) electrons. The van der Waals surface area contributed by atoms with E-state index in [0.717, 1.165) is 5.76 Å². The summed E-state index contributed by atoms with van der Waals surface area (Å²) in [4.78, 5) is 22.1. The molecule has 1 N–H and O–H groups in total. The molecule has 104 valence electrons. The van der Waals surface area contributed by atoms with Gasteiger partial charge < -0.3 is 9.73 Å². The first-order chi connectivity index (χ1) is 9.56. The second-order valence-corrected chi connectivity index (χ2v) is 4.39. The number of carbonyl (C=O) groups is 1. The van der Waals surface area contributed by atoms with Crippen LogP contribution in [0.4, 0.5) is 11.4 Å². The Balaban J connectivity index is 1.97. The Morgan fingerprint density at radius 2 is 2.20 bits per heavy atom. The average molecular weight is 274 g/mol. The summed E-state index contributed by atoms with van der Waals surface area (Å²) in [6.45, 7) is 1.65. The van der Waals surface area contributed by atoms with Crippen LogP contribution in [0.1, 0.15) is 17.7 Å². The molecule has 0 aliphatic rings. The number of nitrogens with zero attached hydrogens (tertiary/aromatic N) is 1. The topological polar surface area (TPSA) is 85.4 Å². The number of nitrogens with one attached hydrogen (secondary N) is 1. The molecule has 1 aromatic heterocycles. The van der Waals surface area contributed by atoms with Gasteiger partial charge >= 0.3 is 0 Å². The molecule has 0 saturated carbocycles. The van der Waals surface area contributed by atoms with Gasteiger partial charge in [-0.2, -0.15) is 0 Å². The monoisotopic (exact) mass is 274 g/mol. The van der Waals surface area contributed by atoms with Crippen LogP contribution in [0.2, 0.25) is 0 Å². The highest BCUT2D eigenvalue weighted by Crippen LogP contribution is 2.22. The SMILES string of the molecule is Cc1ccc(NC(=O)CCc2ccco2)cc1[N+](=O)[O-]. The first-order valence-electron chi connectivity index (χ1n) is 6.13. The summed E-state index contributed by atoms with van der Waals surface area (Å²) < 4.78 is 5.13. The quantitative estimate of drug-likeness (QED) is 0.670. The highest BCUT2D eigenvalue weighted by molar-refractivity contribution is 5.91. The molecule has 0 atom stereocenters. The Bertz CT molecular complexity index is 620. The third-order valence-electron chi connectivity index (χ3n) is 2.87. The van der Waals surface area contributed by atoms with E-state index in [-0.39, 0.29) is 18.0 Å². The molecule has 0 spiro atoms. The van der Waals surface area contributed by atoms with Gasteiger partial charge in [-0.1, -0.05) is 6.07 Å². The second-order valence-electron chi connectivity index (χ2n) is 4.39. The van der Waals surface area contributed by atoms with Crippen LogP contribution >= 0.6 is 0 Å². The van der Waals surface area contributed by atoms with Gasteiger partial charge in [0.15, 0.2) is 0 Å². The van der Waals surface area contributed by atoms with Gasteiger partial charge in [-0.15, -0.1) is 0 Å². The maximum atomic E-state index is 11.8. The van der Waals surface area contributed by atoms with Gasteiger partial charge in [-0.3, -0.25) is 14.9 Å². The lowest BCUT2D eigenvalue weighted by Gasteiger charge is -2.05. The standard InChI is InChI=1S/C14H14N2O4/c1-10-4-5-11(9-13(10)16(18)19)15-14(17)7-6-12-3-2-8-20-12/h2-5,8-9H,6-7H2,1H3,(H,15,17). The van der Waals surface area contributed by atoms with E-state index in [0.29, 0.717) is 17.7 Å². The predicted octanol–water partition coefficient (Wildman–Crippen LogP) is 3.07. The number of anilines is 1. The van der Waals surface area contributed by atoms with E-state index in [1.165, 1.54) is 6.07 Å². The molecule has 2 rings (SSSR count). The van der Waals surface area contributed by atoms with Crippen molar-refractivity contribution in [2.45, 2.75) is 19.8 Å². The van der Waals surface area contributed by atoms with Gasteiger partial charge in [-0.05, 0) is 25.1 Å². The molecule has 0 fully saturated rings. The molecule has 2 aromatic rings. The summed E-state index contributed by atoms with van der Waals surface area (Å²) in [5.41, 5.74) is 0.976. The number of carbonyl (C=O) groups excluding carboxylic acids is 1. The van der Waals surface area contributed by atoms with Gasteiger partial charge in [0.2, 0.25) is 5.91 Å². The largest absolute Gasteiger partial charge is 0.469 e. The molecule has 0 aliphatic carbocycles. The molecule has 0 bridgehead atoms. The maximum Gasteiger partial charge on any atom is 0.274 e. The zero-order valence-corrected chi connectivity index (χ0v) is 11.0. The van der Waals surface area contributed by atoms with Crippen molar-refractivity contribution < 1.29 is 14.1 Å². The Morgan fingerprint density at radius 1 is 1.40 bits per heavy atom. The van der Waals surface area contributed by atoms with Crippen LogP contribution in [0.3, 0.4) is 0 Å². The number of amides is 1. The zero-order chi connectivity index (χ0) is 14.5. The summed E-state index contributed by atoms with van der Waals surface area (Å²) in [6.07, 6.45) is 2.30. The summed E-state index contributed by atoms with van der Waals surface area (Å²) in [6, 6.07) is 8.17. The molecule has 6 nitrogen and oxygen atoms in total. The van der Waals surface area contributed by atoms with Crippen molar-refractivity contribution in [3.63, 3.8) is 0 Å². The average Bonchev–Trinajstić information content (AvgIpc) is 2.91. The van der Waals surface area contributed by atoms with E-state index in [1.807, 2.05) is 0 Å². The molecule has 0 aliphatic heterocycles. The molecular weight excluding hydrogens is 260 g/mol. The molecule has 1 aromatic carbocycles. The predicted molar refractivity (Wildman–Crippen MR) is 73.5 cm³/mol. The number of furan rings is 1. The Labute approximate surface area is 115 Å². The van der Waals surface area contributed by atoms with Crippen molar-refractivity contribution in [3.8, 4) is 0 Å². The maximum absolute atomic E-state index is 11.8. The first kappa shape index (κ1) is 13.8. The van der Waals surface area contributed by atoms with Crippen molar-refractivity contribution in [1.82, 2.24) is 0 Å². The summed E-state index contributed by atoms with van der Waals surface area (Å²) >= 11 is 0. The third kappa shape index (κ3) is 3.44. The lowest BCUT2D eigenvalue weighted by atomic mass is 10.1. The van der Waals surface area contributed by atoms with E-state index >= 15 is 0 Å². The molecule has 20 heavy (non-hydrogen) atoms. The van der Waals surface area contributed by atoms with Crippen molar-refractivity contribution in [1.29, 1.82) is 0 Å². The zero-order valence-electron chi connectivity index (χ0n) is 11.0. The van der Waals surface area contributed by atoms with Crippen molar-refractivity contribution >= 4 is 17.3 Å². The lowest BCUT2D eigenvalue weighted by molar-refractivity contribution is -0.385. The molecule has 1 heterocycles. The Morgan fingerprint density at radius 3 is 2.85 bits per heavy atom. The van der Waals surface area contributed by atoms with Crippen LogP contribution in [-0.4, -0.2) is 10.8 Å². The Hall–Kier alpha value is -2.63. The number of hydrogen-bond acceptors (Lipinski definition) is 4. The number of aryl methyl sites for hydroxylation is 2. The van der Waals surface area contributed by atoms with Gasteiger partial charge in [0.25, 0.3) is 5.69 Å². The van der Waals surface area contributed by atoms with Gasteiger partial charge in [0, 0.05) is 30.2 Å². The van der Waals surface area contributed by atoms with Crippen LogP contribution in [0.15, 0.2) is 41.0 Å². The number of nitro groups is 1. The van der Waals surface area contributed by atoms with Crippen LogP contribution in [0.25, 0.3) is 0 Å². The second kappa shape index (κ2) is 6.01. The first-order valence-corrected chi connectivity index (χ1v) is 6.13. The minimum Gasteiger partial charge on any atom is -0.469 e. The smallest absolute Gasteiger partial charge is 0.274 e. The third-order valence-corrected chi connectivity index (χ3v) is 2.87. The van der Waals surface area contributed by atoms with Gasteiger partial charge in [0.1, 0.15) is 5.76 Å². The highest BCUT2D eigenvalue weighted by atomic mass is 16.6. The van der Waals surface area contributed by atoms with E-state index in [9.17, 15) is 14.9 Å². The molecule has 6 heteroatoms. The molecule has 0 saturated heterocycles. The minimum atomic E-state index is -0.464. The van der Waals surface area contributed by atoms with E-state index in [4.69, 9.17) is 4.42 Å². The van der Waals surface area contributed by atoms with Crippen molar-refractivity contribution in [2.24, 2.45) is 0 Å². The summed E-state index contributed by atoms with van der Waals surface area (Å²) in [5.74, 6) is 0.523. The summed E-state index contributed by atoms with van der Waals surface area (Å²) in [7, 11) is 0. The highest BCUT2D eigenvalue weighted by Gasteiger charge is 2.12. The van der Waals surface area contributed by atoms with Crippen molar-refractivity contribution in [3.05, 3.63) is 58.0 Å². The minimum absolute atomic E-state index is 0.00571. The van der Waals surface area contributed by atoms with Gasteiger partial charge in [-0.25, -0.2) is 0 Å².